The van der Waals surface area contributed by atoms with Gasteiger partial charge >= 0.3 is 18.0 Å². The molecule has 1 aliphatic rings. The van der Waals surface area contributed by atoms with E-state index in [1.54, 1.807) is 0 Å². The van der Waals surface area contributed by atoms with E-state index < -0.39 is 61.3 Å². The van der Waals surface area contributed by atoms with E-state index in [9.17, 15) is 29.4 Å². The number of urea groups is 1. The molecule has 29 heavy (non-hydrogen) atoms. The number of carbonyl (C=O) groups is 4. The second-order valence-electron chi connectivity index (χ2n) is 6.25. The zero-order chi connectivity index (χ0) is 21.6. The molecule has 12 nitrogen and oxygen atoms in total. The van der Waals surface area contributed by atoms with E-state index in [1.807, 2.05) is 0 Å². The van der Waals surface area contributed by atoms with Crippen molar-refractivity contribution in [3.8, 4) is 0 Å². The van der Waals surface area contributed by atoms with Crippen LogP contribution in [0, 0.1) is 0 Å². The van der Waals surface area contributed by atoms with Crippen molar-refractivity contribution in [1.82, 2.24) is 16.0 Å². The third-order valence-corrected chi connectivity index (χ3v) is 4.26. The number of carboxylic acid groups (broad SMARTS) is 2. The molecule has 3 amide bonds. The van der Waals surface area contributed by atoms with Gasteiger partial charge in [-0.25, -0.2) is 9.59 Å². The van der Waals surface area contributed by atoms with Gasteiger partial charge in [0.15, 0.2) is 0 Å². The van der Waals surface area contributed by atoms with Crippen molar-refractivity contribution in [1.29, 1.82) is 0 Å². The first-order valence-corrected chi connectivity index (χ1v) is 8.53. The summed E-state index contributed by atoms with van der Waals surface area (Å²) in [5.74, 6) is -3.05. The fraction of sp³-hybridized carbons (Fsp3) is 0.412. The summed E-state index contributed by atoms with van der Waals surface area (Å²) in [5, 5.41) is 44.4. The fourth-order valence-electron chi connectivity index (χ4n) is 2.75. The number of aliphatic hydroxyl groups excluding tert-OH is 2. The zero-order valence-electron chi connectivity index (χ0n) is 15.1. The largest absolute Gasteiger partial charge is 0.480 e. The van der Waals surface area contributed by atoms with E-state index in [2.05, 4.69) is 16.0 Å². The maximum absolute atomic E-state index is 12.4. The second-order valence-corrected chi connectivity index (χ2v) is 6.25. The quantitative estimate of drug-likeness (QED) is 0.265. The van der Waals surface area contributed by atoms with Gasteiger partial charge in [-0.1, -0.05) is 0 Å². The van der Waals surface area contributed by atoms with Crippen LogP contribution in [0.15, 0.2) is 24.3 Å². The average molecular weight is 411 g/mol. The molecule has 1 fully saturated rings. The summed E-state index contributed by atoms with van der Waals surface area (Å²) in [4.78, 5) is 45.5. The lowest BCUT2D eigenvalue weighted by atomic mass is 9.95. The molecule has 12 heteroatoms. The normalized spacial score (nSPS) is 23.7. The Morgan fingerprint density at radius 2 is 1.66 bits per heavy atom. The molecule has 1 saturated heterocycles. The SMILES string of the molecule is O=C(O)CNC(=O)N[C@@H]1COC(CO)C(NC(=O)c2ccc(C(=O)O)cc2)C1O. The molecule has 4 atom stereocenters. The Balaban J connectivity index is 2.05. The third-order valence-electron chi connectivity index (χ3n) is 4.26. The number of nitrogens with one attached hydrogen (secondary N) is 3. The van der Waals surface area contributed by atoms with Crippen LogP contribution in [0.5, 0.6) is 0 Å². The molecule has 0 saturated carbocycles. The van der Waals surface area contributed by atoms with Crippen molar-refractivity contribution >= 4 is 23.9 Å². The standard InChI is InChI=1S/C17H21N3O9/c21-6-11-13(20-15(25)8-1-3-9(4-2-8)16(26)27)14(24)10(7-29-11)19-17(28)18-5-12(22)23/h1-4,10-11,13-14,21,24H,5-7H2,(H,20,25)(H,22,23)(H,26,27)(H2,18,19,28)/t10-,11?,13?,14?/m1/s1. The van der Waals surface area contributed by atoms with Crippen molar-refractivity contribution < 1.29 is 44.3 Å². The number of aromatic carboxylic acids is 1. The molecule has 158 valence electrons. The van der Waals surface area contributed by atoms with Gasteiger partial charge < -0.3 is 41.1 Å². The van der Waals surface area contributed by atoms with Gasteiger partial charge in [-0.2, -0.15) is 0 Å². The predicted molar refractivity (Wildman–Crippen MR) is 95.4 cm³/mol. The molecule has 1 heterocycles. The highest BCUT2D eigenvalue weighted by Gasteiger charge is 2.41. The number of amides is 3. The van der Waals surface area contributed by atoms with E-state index in [-0.39, 0.29) is 17.7 Å². The molecule has 1 aromatic carbocycles. The van der Waals surface area contributed by atoms with Gasteiger partial charge in [0.25, 0.3) is 5.91 Å². The number of rotatable bonds is 7. The van der Waals surface area contributed by atoms with E-state index in [4.69, 9.17) is 14.9 Å². The van der Waals surface area contributed by atoms with Crippen molar-refractivity contribution in [3.05, 3.63) is 35.4 Å². The molecule has 1 aromatic rings. The number of carboxylic acids is 2. The Morgan fingerprint density at radius 1 is 1.03 bits per heavy atom. The summed E-state index contributed by atoms with van der Waals surface area (Å²) in [7, 11) is 0. The molecule has 7 N–H and O–H groups in total. The topological polar surface area (TPSA) is 195 Å². The number of aliphatic carboxylic acids is 1. The Morgan fingerprint density at radius 3 is 2.21 bits per heavy atom. The highest BCUT2D eigenvalue weighted by Crippen LogP contribution is 2.17. The lowest BCUT2D eigenvalue weighted by molar-refractivity contribution is -0.135. The summed E-state index contributed by atoms with van der Waals surface area (Å²) in [6.45, 7) is -1.31. The van der Waals surface area contributed by atoms with Crippen LogP contribution < -0.4 is 16.0 Å². The van der Waals surface area contributed by atoms with Crippen LogP contribution in [0.25, 0.3) is 0 Å². The van der Waals surface area contributed by atoms with Gasteiger partial charge in [-0.3, -0.25) is 9.59 Å². The Kier molecular flexibility index (Phi) is 7.47. The molecule has 1 aliphatic heterocycles. The van der Waals surface area contributed by atoms with E-state index in [1.165, 1.54) is 24.3 Å². The molecular weight excluding hydrogens is 390 g/mol. The first-order chi connectivity index (χ1) is 13.7. The predicted octanol–water partition coefficient (Wildman–Crippen LogP) is -2.01. The first-order valence-electron chi connectivity index (χ1n) is 8.53. The Labute approximate surface area is 164 Å². The highest BCUT2D eigenvalue weighted by atomic mass is 16.5. The van der Waals surface area contributed by atoms with Crippen molar-refractivity contribution in [3.63, 3.8) is 0 Å². The molecule has 0 bridgehead atoms. The van der Waals surface area contributed by atoms with Crippen molar-refractivity contribution in [2.24, 2.45) is 0 Å². The molecular formula is C17H21N3O9. The summed E-state index contributed by atoms with van der Waals surface area (Å²) >= 11 is 0. The minimum absolute atomic E-state index is 0.00698. The molecule has 3 unspecified atom stereocenters. The van der Waals surface area contributed by atoms with Gasteiger partial charge in [-0.05, 0) is 24.3 Å². The van der Waals surface area contributed by atoms with Crippen LogP contribution in [0.4, 0.5) is 4.79 Å². The smallest absolute Gasteiger partial charge is 0.335 e. The maximum atomic E-state index is 12.4. The summed E-state index contributed by atoms with van der Waals surface area (Å²) in [6.07, 6.45) is -2.30. The average Bonchev–Trinajstić information content (AvgIpc) is 2.69. The van der Waals surface area contributed by atoms with Gasteiger partial charge in [0, 0.05) is 5.56 Å². The molecule has 0 aromatic heterocycles. The zero-order valence-corrected chi connectivity index (χ0v) is 15.1. The summed E-state index contributed by atoms with van der Waals surface area (Å²) in [6, 6.07) is 2.14. The van der Waals surface area contributed by atoms with Crippen LogP contribution in [0.1, 0.15) is 20.7 Å². The number of hydrogen-bond donors (Lipinski definition) is 7. The van der Waals surface area contributed by atoms with Crippen molar-refractivity contribution in [2.75, 3.05) is 19.8 Å². The van der Waals surface area contributed by atoms with Crippen LogP contribution in [0.3, 0.4) is 0 Å². The van der Waals surface area contributed by atoms with Gasteiger partial charge in [0.1, 0.15) is 12.6 Å². The third kappa shape index (κ3) is 5.88. The summed E-state index contributed by atoms with van der Waals surface area (Å²) < 4.78 is 5.38. The van der Waals surface area contributed by atoms with Gasteiger partial charge in [-0.15, -0.1) is 0 Å². The molecule has 0 aliphatic carbocycles. The van der Waals surface area contributed by atoms with E-state index in [0.717, 1.165) is 0 Å². The van der Waals surface area contributed by atoms with Crippen LogP contribution >= 0.6 is 0 Å². The first kappa shape index (κ1) is 22.1. The lowest BCUT2D eigenvalue weighted by Gasteiger charge is -2.40. The minimum Gasteiger partial charge on any atom is -0.480 e. The maximum Gasteiger partial charge on any atom is 0.335 e. The molecule has 0 radical (unpaired) electrons. The molecule has 2 rings (SSSR count). The number of ether oxygens (including phenoxy) is 1. The Bertz CT molecular complexity index is 768. The number of aliphatic hydroxyl groups is 2. The van der Waals surface area contributed by atoms with Crippen LogP contribution in [-0.4, -0.2) is 88.4 Å². The van der Waals surface area contributed by atoms with Crippen LogP contribution in [-0.2, 0) is 9.53 Å². The lowest BCUT2D eigenvalue weighted by Crippen LogP contribution is -2.66. The van der Waals surface area contributed by atoms with Gasteiger partial charge in [0.2, 0.25) is 0 Å². The Hall–Kier alpha value is -3.22. The number of benzene rings is 1. The van der Waals surface area contributed by atoms with Crippen molar-refractivity contribution in [2.45, 2.75) is 24.3 Å². The monoisotopic (exact) mass is 411 g/mol. The van der Waals surface area contributed by atoms with E-state index in [0.29, 0.717) is 0 Å². The number of carbonyl (C=O) groups excluding carboxylic acids is 2. The van der Waals surface area contributed by atoms with Gasteiger partial charge in [0.05, 0.1) is 37.0 Å². The van der Waals surface area contributed by atoms with Crippen LogP contribution in [0.2, 0.25) is 0 Å². The fourth-order valence-corrected chi connectivity index (χ4v) is 2.75. The highest BCUT2D eigenvalue weighted by molar-refractivity contribution is 5.96. The second kappa shape index (κ2) is 9.82. The van der Waals surface area contributed by atoms with E-state index >= 15 is 0 Å². The molecule has 0 spiro atoms. The minimum atomic E-state index is -1.35. The number of hydrogen-bond acceptors (Lipinski definition) is 7. The summed E-state index contributed by atoms with van der Waals surface area (Å²) in [5.41, 5.74) is 0.112.